The number of aliphatic hydroxyl groups is 1. The molecule has 124 valence electrons. The fourth-order valence-electron chi connectivity index (χ4n) is 3.42. The first-order valence-corrected chi connectivity index (χ1v) is 8.78. The van der Waals surface area contributed by atoms with E-state index in [0.29, 0.717) is 6.04 Å². The minimum Gasteiger partial charge on any atom is -0.389 e. The third-order valence-electron chi connectivity index (χ3n) is 4.62. The number of pyridine rings is 1. The Bertz CT molecular complexity index is 410. The van der Waals surface area contributed by atoms with Gasteiger partial charge >= 0.3 is 0 Å². The van der Waals surface area contributed by atoms with Gasteiger partial charge in [-0.25, -0.2) is 4.98 Å². The van der Waals surface area contributed by atoms with Crippen LogP contribution in [0.5, 0.6) is 0 Å². The molecule has 0 aliphatic carbocycles. The molecule has 4 heteroatoms. The molecule has 1 aliphatic heterocycles. The Morgan fingerprint density at radius 2 is 1.91 bits per heavy atom. The predicted molar refractivity (Wildman–Crippen MR) is 92.2 cm³/mol. The van der Waals surface area contributed by atoms with Gasteiger partial charge in [-0.05, 0) is 37.8 Å². The van der Waals surface area contributed by atoms with Gasteiger partial charge in [-0.3, -0.25) is 0 Å². The van der Waals surface area contributed by atoms with Gasteiger partial charge in [-0.1, -0.05) is 32.8 Å². The van der Waals surface area contributed by atoms with Gasteiger partial charge in [0.05, 0.1) is 5.60 Å². The number of hydrogen-bond acceptors (Lipinski definition) is 4. The van der Waals surface area contributed by atoms with Gasteiger partial charge in [-0.15, -0.1) is 0 Å². The Morgan fingerprint density at radius 3 is 2.45 bits per heavy atom. The number of nitrogens with one attached hydrogen (secondary N) is 1. The number of piperidine rings is 1. The Kier molecular flexibility index (Phi) is 6.65. The summed E-state index contributed by atoms with van der Waals surface area (Å²) in [5, 5.41) is 14.3. The first-order valence-electron chi connectivity index (χ1n) is 8.78. The number of aromatic nitrogens is 1. The zero-order valence-electron chi connectivity index (χ0n) is 14.1. The Morgan fingerprint density at radius 1 is 1.23 bits per heavy atom. The second-order valence-corrected chi connectivity index (χ2v) is 6.55. The van der Waals surface area contributed by atoms with Crippen LogP contribution in [-0.4, -0.2) is 41.4 Å². The van der Waals surface area contributed by atoms with Crippen LogP contribution in [0.3, 0.4) is 0 Å². The molecule has 22 heavy (non-hydrogen) atoms. The lowest BCUT2D eigenvalue weighted by Gasteiger charge is -2.36. The summed E-state index contributed by atoms with van der Waals surface area (Å²) in [5.74, 6) is 1.08. The van der Waals surface area contributed by atoms with E-state index in [1.54, 1.807) is 0 Å². The molecule has 0 radical (unpaired) electrons. The largest absolute Gasteiger partial charge is 0.389 e. The Labute approximate surface area is 134 Å². The van der Waals surface area contributed by atoms with E-state index in [-0.39, 0.29) is 0 Å². The van der Waals surface area contributed by atoms with Crippen LogP contribution >= 0.6 is 0 Å². The highest BCUT2D eigenvalue weighted by molar-refractivity contribution is 5.38. The third kappa shape index (κ3) is 4.96. The van der Waals surface area contributed by atoms with Gasteiger partial charge in [0.2, 0.25) is 0 Å². The first kappa shape index (κ1) is 17.2. The molecule has 1 fully saturated rings. The molecule has 2 rings (SSSR count). The lowest BCUT2D eigenvalue weighted by molar-refractivity contribution is 0.0185. The van der Waals surface area contributed by atoms with Gasteiger partial charge in [0.15, 0.2) is 0 Å². The molecule has 1 aliphatic rings. The highest BCUT2D eigenvalue weighted by Crippen LogP contribution is 2.21. The van der Waals surface area contributed by atoms with E-state index in [1.807, 2.05) is 18.3 Å². The quantitative estimate of drug-likeness (QED) is 0.775. The van der Waals surface area contributed by atoms with Crippen molar-refractivity contribution in [3.05, 3.63) is 24.4 Å². The number of hydrogen-bond donors (Lipinski definition) is 2. The van der Waals surface area contributed by atoms with E-state index in [1.165, 1.54) is 0 Å². The van der Waals surface area contributed by atoms with Gasteiger partial charge in [0.25, 0.3) is 0 Å². The maximum absolute atomic E-state index is 10.7. The van der Waals surface area contributed by atoms with Crippen molar-refractivity contribution in [3.8, 4) is 0 Å². The molecule has 0 bridgehead atoms. The molecule has 1 aromatic rings. The fraction of sp³-hybridized carbons (Fsp3) is 0.722. The van der Waals surface area contributed by atoms with Crippen molar-refractivity contribution in [1.29, 1.82) is 0 Å². The maximum Gasteiger partial charge on any atom is 0.128 e. The standard InChI is InChI=1S/C18H31N3O/c1-3-10-18(22,11-4-2)15-20-16-8-13-21(14-9-16)17-7-5-6-12-19-17/h5-7,12,16,20,22H,3-4,8-11,13-15H2,1-2H3. The van der Waals surface area contributed by atoms with Crippen molar-refractivity contribution in [2.24, 2.45) is 0 Å². The molecule has 1 saturated heterocycles. The van der Waals surface area contributed by atoms with Crippen LogP contribution in [-0.2, 0) is 0 Å². The summed E-state index contributed by atoms with van der Waals surface area (Å²) in [6, 6.07) is 6.59. The summed E-state index contributed by atoms with van der Waals surface area (Å²) >= 11 is 0. The molecule has 0 spiro atoms. The lowest BCUT2D eigenvalue weighted by atomic mass is 9.92. The van der Waals surface area contributed by atoms with Gasteiger partial charge in [-0.2, -0.15) is 0 Å². The second kappa shape index (κ2) is 8.49. The smallest absolute Gasteiger partial charge is 0.128 e. The summed E-state index contributed by atoms with van der Waals surface area (Å²) < 4.78 is 0. The number of rotatable bonds is 8. The lowest BCUT2D eigenvalue weighted by Crippen LogP contribution is -2.48. The molecule has 0 amide bonds. The monoisotopic (exact) mass is 305 g/mol. The molecular formula is C18H31N3O. The summed E-state index contributed by atoms with van der Waals surface area (Å²) in [6.45, 7) is 7.09. The zero-order valence-corrected chi connectivity index (χ0v) is 14.1. The average Bonchev–Trinajstić information content (AvgIpc) is 2.55. The van der Waals surface area contributed by atoms with Gasteiger partial charge in [0.1, 0.15) is 5.82 Å². The first-order chi connectivity index (χ1) is 10.7. The van der Waals surface area contributed by atoms with Crippen molar-refractivity contribution >= 4 is 5.82 Å². The van der Waals surface area contributed by atoms with Crippen LogP contribution in [0.25, 0.3) is 0 Å². The fourth-order valence-corrected chi connectivity index (χ4v) is 3.42. The summed E-state index contributed by atoms with van der Waals surface area (Å²) in [5.41, 5.74) is -0.526. The molecule has 0 aromatic carbocycles. The molecule has 0 unspecified atom stereocenters. The summed E-state index contributed by atoms with van der Waals surface area (Å²) in [4.78, 5) is 6.78. The third-order valence-corrected chi connectivity index (χ3v) is 4.62. The molecule has 1 aromatic heterocycles. The van der Waals surface area contributed by atoms with E-state index < -0.39 is 5.60 Å². The molecule has 2 heterocycles. The summed E-state index contributed by atoms with van der Waals surface area (Å²) in [7, 11) is 0. The molecule has 4 nitrogen and oxygen atoms in total. The highest BCUT2D eigenvalue weighted by atomic mass is 16.3. The molecule has 0 saturated carbocycles. The van der Waals surface area contributed by atoms with E-state index in [0.717, 1.165) is 64.0 Å². The van der Waals surface area contributed by atoms with Crippen molar-refractivity contribution in [2.45, 2.75) is 64.0 Å². The van der Waals surface area contributed by atoms with E-state index in [2.05, 4.69) is 35.1 Å². The van der Waals surface area contributed by atoms with Crippen LogP contribution in [0, 0.1) is 0 Å². The van der Waals surface area contributed by atoms with Crippen LogP contribution in [0.15, 0.2) is 24.4 Å². The van der Waals surface area contributed by atoms with Gasteiger partial charge in [0, 0.05) is 31.9 Å². The van der Waals surface area contributed by atoms with E-state index >= 15 is 0 Å². The minimum atomic E-state index is -0.526. The predicted octanol–water partition coefficient (Wildman–Crippen LogP) is 2.97. The SMILES string of the molecule is CCCC(O)(CCC)CNC1CCN(c2ccccn2)CC1. The number of nitrogens with zero attached hydrogens (tertiary/aromatic N) is 2. The average molecular weight is 305 g/mol. The minimum absolute atomic E-state index is 0.514. The van der Waals surface area contributed by atoms with Crippen molar-refractivity contribution in [2.75, 3.05) is 24.5 Å². The van der Waals surface area contributed by atoms with Gasteiger partial charge < -0.3 is 15.3 Å². The zero-order chi connectivity index (χ0) is 15.8. The number of anilines is 1. The molecule has 2 N–H and O–H groups in total. The van der Waals surface area contributed by atoms with Crippen LogP contribution in [0.1, 0.15) is 52.4 Å². The van der Waals surface area contributed by atoms with E-state index in [4.69, 9.17) is 0 Å². The molecule has 0 atom stereocenters. The second-order valence-electron chi connectivity index (χ2n) is 6.55. The Balaban J connectivity index is 1.77. The van der Waals surface area contributed by atoms with Crippen molar-refractivity contribution in [1.82, 2.24) is 10.3 Å². The van der Waals surface area contributed by atoms with Crippen molar-refractivity contribution < 1.29 is 5.11 Å². The van der Waals surface area contributed by atoms with E-state index in [9.17, 15) is 5.11 Å². The highest BCUT2D eigenvalue weighted by Gasteiger charge is 2.27. The molecular weight excluding hydrogens is 274 g/mol. The van der Waals surface area contributed by atoms with Crippen LogP contribution in [0.4, 0.5) is 5.82 Å². The maximum atomic E-state index is 10.7. The van der Waals surface area contributed by atoms with Crippen molar-refractivity contribution in [3.63, 3.8) is 0 Å². The normalized spacial score (nSPS) is 17.0. The van der Waals surface area contributed by atoms with Crippen LogP contribution < -0.4 is 10.2 Å². The van der Waals surface area contributed by atoms with Crippen LogP contribution in [0.2, 0.25) is 0 Å². The summed E-state index contributed by atoms with van der Waals surface area (Å²) in [6.07, 6.45) is 7.94. The Hall–Kier alpha value is -1.13. The topological polar surface area (TPSA) is 48.4 Å².